The molecule has 1 saturated heterocycles. The van der Waals surface area contributed by atoms with Gasteiger partial charge in [0.25, 0.3) is 0 Å². The van der Waals surface area contributed by atoms with Crippen molar-refractivity contribution in [3.8, 4) is 11.5 Å². The van der Waals surface area contributed by atoms with Gasteiger partial charge < -0.3 is 19.6 Å². The molecule has 0 atom stereocenters. The average molecular weight is 382 g/mol. The van der Waals surface area contributed by atoms with Crippen LogP contribution in [0.4, 0.5) is 5.69 Å². The van der Waals surface area contributed by atoms with Gasteiger partial charge in [0.2, 0.25) is 0 Å². The molecule has 2 amide bonds. The number of aromatic hydroxyl groups is 1. The maximum absolute atomic E-state index is 12.3. The van der Waals surface area contributed by atoms with Crippen molar-refractivity contribution in [1.29, 1.82) is 0 Å². The van der Waals surface area contributed by atoms with E-state index in [2.05, 4.69) is 15.4 Å². The first-order valence-electron chi connectivity index (χ1n) is 8.88. The third-order valence-electron chi connectivity index (χ3n) is 4.44. The Labute approximate surface area is 163 Å². The number of nitrogens with zero attached hydrogens (tertiary/aromatic N) is 3. The number of hydrogen-bond acceptors (Lipinski definition) is 6. The fourth-order valence-electron chi connectivity index (χ4n) is 3.00. The number of carbonyl (C=O) groups is 2. The number of ether oxygens (including phenoxy) is 1. The van der Waals surface area contributed by atoms with Gasteiger partial charge in [-0.15, -0.1) is 0 Å². The lowest BCUT2D eigenvalue weighted by molar-refractivity contribution is -0.146. The summed E-state index contributed by atoms with van der Waals surface area (Å²) in [6.07, 6.45) is 1.37. The third-order valence-corrected chi connectivity index (χ3v) is 4.44. The zero-order valence-corrected chi connectivity index (χ0v) is 15.5. The van der Waals surface area contributed by atoms with E-state index >= 15 is 0 Å². The zero-order valence-electron chi connectivity index (χ0n) is 15.5. The predicted octanol–water partition coefficient (Wildman–Crippen LogP) is 1.20. The van der Waals surface area contributed by atoms with Crippen molar-refractivity contribution in [1.82, 2.24) is 10.3 Å². The molecule has 8 heteroatoms. The van der Waals surface area contributed by atoms with Crippen molar-refractivity contribution in [2.24, 2.45) is 5.10 Å². The number of anilines is 1. The Balaban J connectivity index is 1.52. The summed E-state index contributed by atoms with van der Waals surface area (Å²) in [7, 11) is 1.63. The number of piperazine rings is 1. The highest BCUT2D eigenvalue weighted by atomic mass is 16.5. The zero-order chi connectivity index (χ0) is 19.9. The number of phenols is 1. The van der Waals surface area contributed by atoms with Crippen LogP contribution in [0.2, 0.25) is 0 Å². The molecule has 1 aliphatic rings. The quantitative estimate of drug-likeness (QED) is 0.471. The van der Waals surface area contributed by atoms with Gasteiger partial charge in [-0.2, -0.15) is 5.10 Å². The molecule has 0 saturated carbocycles. The summed E-state index contributed by atoms with van der Waals surface area (Å²) >= 11 is 0. The monoisotopic (exact) mass is 382 g/mol. The summed E-state index contributed by atoms with van der Waals surface area (Å²) in [4.78, 5) is 28.0. The van der Waals surface area contributed by atoms with Crippen molar-refractivity contribution in [3.05, 3.63) is 54.1 Å². The summed E-state index contributed by atoms with van der Waals surface area (Å²) in [5.41, 5.74) is 3.81. The van der Waals surface area contributed by atoms with Gasteiger partial charge in [-0.05, 0) is 29.8 Å². The van der Waals surface area contributed by atoms with Crippen LogP contribution in [0, 0.1) is 0 Å². The Hall–Kier alpha value is -3.55. The van der Waals surface area contributed by atoms with Crippen LogP contribution in [0.5, 0.6) is 11.5 Å². The minimum absolute atomic E-state index is 0.0965. The molecule has 0 unspecified atom stereocenters. The van der Waals surface area contributed by atoms with E-state index in [1.54, 1.807) is 19.2 Å². The molecule has 1 heterocycles. The van der Waals surface area contributed by atoms with E-state index in [4.69, 9.17) is 4.74 Å². The Bertz CT molecular complexity index is 876. The van der Waals surface area contributed by atoms with Crippen LogP contribution in [-0.4, -0.2) is 61.3 Å². The number of methoxy groups -OCH3 is 1. The first-order chi connectivity index (χ1) is 13.6. The molecule has 1 aliphatic heterocycles. The number of hydrazone groups is 1. The van der Waals surface area contributed by atoms with Crippen LogP contribution in [0.25, 0.3) is 0 Å². The van der Waals surface area contributed by atoms with E-state index in [0.29, 0.717) is 31.7 Å². The fourth-order valence-corrected chi connectivity index (χ4v) is 3.00. The Morgan fingerprint density at radius 1 is 1.11 bits per heavy atom. The van der Waals surface area contributed by atoms with Crippen LogP contribution in [0.3, 0.4) is 0 Å². The van der Waals surface area contributed by atoms with Crippen molar-refractivity contribution in [3.63, 3.8) is 0 Å². The van der Waals surface area contributed by atoms with Crippen LogP contribution in [-0.2, 0) is 9.59 Å². The lowest BCUT2D eigenvalue weighted by Crippen LogP contribution is -2.52. The number of amides is 2. The Morgan fingerprint density at radius 3 is 2.57 bits per heavy atom. The van der Waals surface area contributed by atoms with E-state index in [-0.39, 0.29) is 5.75 Å². The number of benzene rings is 2. The highest BCUT2D eigenvalue weighted by Gasteiger charge is 2.26. The van der Waals surface area contributed by atoms with Gasteiger partial charge in [0.1, 0.15) is 11.5 Å². The van der Waals surface area contributed by atoms with Crippen LogP contribution in [0.15, 0.2) is 53.6 Å². The minimum Gasteiger partial charge on any atom is -0.508 e. The van der Waals surface area contributed by atoms with Gasteiger partial charge in [-0.3, -0.25) is 9.59 Å². The summed E-state index contributed by atoms with van der Waals surface area (Å²) in [6, 6.07) is 14.1. The average Bonchev–Trinajstić information content (AvgIpc) is 2.73. The maximum Gasteiger partial charge on any atom is 0.329 e. The number of hydrogen-bond donors (Lipinski definition) is 2. The summed E-state index contributed by atoms with van der Waals surface area (Å²) in [6.45, 7) is 2.07. The number of para-hydroxylation sites is 2. The standard InChI is InChI=1S/C20H22N4O4/c1-28-18-8-3-2-7-17(18)23-9-11-24(12-10-23)20(27)19(26)22-21-14-15-5-4-6-16(25)13-15/h2-8,13-14,25H,9-12H2,1H3,(H,22,26)/b21-14-. The molecule has 0 radical (unpaired) electrons. The van der Waals surface area contributed by atoms with Gasteiger partial charge in [0.15, 0.2) is 0 Å². The normalized spacial score (nSPS) is 14.2. The first-order valence-corrected chi connectivity index (χ1v) is 8.88. The second-order valence-corrected chi connectivity index (χ2v) is 6.25. The van der Waals surface area contributed by atoms with Crippen LogP contribution < -0.4 is 15.1 Å². The molecule has 28 heavy (non-hydrogen) atoms. The van der Waals surface area contributed by atoms with E-state index in [0.717, 1.165) is 11.4 Å². The molecule has 3 rings (SSSR count). The van der Waals surface area contributed by atoms with E-state index in [1.165, 1.54) is 23.2 Å². The van der Waals surface area contributed by atoms with Gasteiger partial charge in [-0.1, -0.05) is 24.3 Å². The van der Waals surface area contributed by atoms with E-state index in [1.807, 2.05) is 24.3 Å². The second kappa shape index (κ2) is 8.90. The highest BCUT2D eigenvalue weighted by molar-refractivity contribution is 6.35. The largest absolute Gasteiger partial charge is 0.508 e. The molecular formula is C20H22N4O4. The Morgan fingerprint density at radius 2 is 1.86 bits per heavy atom. The van der Waals surface area contributed by atoms with Gasteiger partial charge in [0.05, 0.1) is 19.0 Å². The molecule has 1 fully saturated rings. The number of carbonyl (C=O) groups excluding carboxylic acids is 2. The molecule has 0 bridgehead atoms. The summed E-state index contributed by atoms with van der Waals surface area (Å²) < 4.78 is 5.38. The summed E-state index contributed by atoms with van der Waals surface area (Å²) in [5, 5.41) is 13.2. The topological polar surface area (TPSA) is 94.5 Å². The third kappa shape index (κ3) is 4.59. The molecule has 0 aliphatic carbocycles. The molecule has 2 N–H and O–H groups in total. The molecule has 2 aromatic rings. The van der Waals surface area contributed by atoms with Crippen molar-refractivity contribution >= 4 is 23.7 Å². The molecule has 8 nitrogen and oxygen atoms in total. The van der Waals surface area contributed by atoms with E-state index in [9.17, 15) is 14.7 Å². The van der Waals surface area contributed by atoms with Crippen molar-refractivity contribution in [2.75, 3.05) is 38.2 Å². The SMILES string of the molecule is COc1ccccc1N1CCN(C(=O)C(=O)N/N=C\c2cccc(O)c2)CC1. The first kappa shape index (κ1) is 19.2. The Kier molecular flexibility index (Phi) is 6.11. The van der Waals surface area contributed by atoms with Crippen LogP contribution in [0.1, 0.15) is 5.56 Å². The number of phenolic OH excluding ortho intramolecular Hbond substituents is 1. The maximum atomic E-state index is 12.3. The molecule has 146 valence electrons. The lowest BCUT2D eigenvalue weighted by Gasteiger charge is -2.36. The summed E-state index contributed by atoms with van der Waals surface area (Å²) in [5.74, 6) is -0.532. The van der Waals surface area contributed by atoms with E-state index < -0.39 is 11.8 Å². The highest BCUT2D eigenvalue weighted by Crippen LogP contribution is 2.28. The van der Waals surface area contributed by atoms with Crippen molar-refractivity contribution in [2.45, 2.75) is 0 Å². The lowest BCUT2D eigenvalue weighted by atomic mass is 10.2. The predicted molar refractivity (Wildman–Crippen MR) is 106 cm³/mol. The fraction of sp³-hybridized carbons (Fsp3) is 0.250. The van der Waals surface area contributed by atoms with Crippen LogP contribution >= 0.6 is 0 Å². The molecule has 0 aromatic heterocycles. The molecule has 2 aromatic carbocycles. The number of nitrogens with one attached hydrogen (secondary N) is 1. The van der Waals surface area contributed by atoms with Gasteiger partial charge in [-0.25, -0.2) is 5.43 Å². The smallest absolute Gasteiger partial charge is 0.329 e. The number of rotatable bonds is 4. The minimum atomic E-state index is -0.790. The second-order valence-electron chi connectivity index (χ2n) is 6.25. The van der Waals surface area contributed by atoms with Crippen molar-refractivity contribution < 1.29 is 19.4 Å². The molecule has 0 spiro atoms. The van der Waals surface area contributed by atoms with Gasteiger partial charge >= 0.3 is 11.8 Å². The van der Waals surface area contributed by atoms with Gasteiger partial charge in [0, 0.05) is 26.2 Å². The molecular weight excluding hydrogens is 360 g/mol.